The first-order valence-corrected chi connectivity index (χ1v) is 18.4. The number of hydrogen-bond acceptors (Lipinski definition) is 2. The van der Waals surface area contributed by atoms with Crippen LogP contribution in [0.3, 0.4) is 0 Å². The highest BCUT2D eigenvalue weighted by molar-refractivity contribution is 6.16. The fraction of sp³-hybridized carbons (Fsp3) is 0. The van der Waals surface area contributed by atoms with E-state index in [0.717, 1.165) is 50.1 Å². The van der Waals surface area contributed by atoms with Gasteiger partial charge < -0.3 is 9.32 Å². The minimum Gasteiger partial charge on any atom is -0.456 e. The van der Waals surface area contributed by atoms with Gasteiger partial charge in [-0.15, -0.1) is 0 Å². The van der Waals surface area contributed by atoms with Crippen LogP contribution < -0.4 is 4.90 Å². The van der Waals surface area contributed by atoms with Gasteiger partial charge in [-0.25, -0.2) is 0 Å². The molecule has 2 heteroatoms. The number of para-hydroxylation sites is 1. The third-order valence-electron chi connectivity index (χ3n) is 10.5. The topological polar surface area (TPSA) is 16.4 Å². The highest BCUT2D eigenvalue weighted by Gasteiger charge is 2.23. The molecule has 10 rings (SSSR count). The average molecular weight is 690 g/mol. The van der Waals surface area contributed by atoms with Crippen molar-refractivity contribution in [1.82, 2.24) is 0 Å². The molecule has 0 aliphatic carbocycles. The summed E-state index contributed by atoms with van der Waals surface area (Å²) in [6.07, 6.45) is 0. The van der Waals surface area contributed by atoms with E-state index in [1.807, 2.05) is 6.07 Å². The number of furan rings is 1. The van der Waals surface area contributed by atoms with E-state index >= 15 is 0 Å². The molecule has 0 saturated carbocycles. The van der Waals surface area contributed by atoms with Gasteiger partial charge >= 0.3 is 0 Å². The Kier molecular flexibility index (Phi) is 7.85. The summed E-state index contributed by atoms with van der Waals surface area (Å²) >= 11 is 0. The standard InChI is InChI=1S/C52H35NO/c1-4-12-36(13-5-1)39-20-22-41(23-21-39)51-48(32-33-50-52(51)47-18-10-11-19-49(47)54-50)53(45-29-26-40(27-30-45)37-14-6-2-7-15-37)46-31-28-43-34-42(24-25-44(43)35-46)38-16-8-3-9-17-38/h1-35H. The van der Waals surface area contributed by atoms with Crippen molar-refractivity contribution < 1.29 is 4.42 Å². The Labute approximate surface area is 314 Å². The van der Waals surface area contributed by atoms with Gasteiger partial charge in [0.2, 0.25) is 0 Å². The lowest BCUT2D eigenvalue weighted by atomic mass is 9.94. The van der Waals surface area contributed by atoms with Crippen molar-refractivity contribution in [3.8, 4) is 44.5 Å². The second-order valence-electron chi connectivity index (χ2n) is 13.7. The third kappa shape index (κ3) is 5.71. The fourth-order valence-corrected chi connectivity index (χ4v) is 7.79. The Hall–Kier alpha value is -7.16. The summed E-state index contributed by atoms with van der Waals surface area (Å²) in [5.41, 5.74) is 14.4. The normalized spacial score (nSPS) is 11.3. The lowest BCUT2D eigenvalue weighted by Crippen LogP contribution is -2.11. The van der Waals surface area contributed by atoms with Gasteiger partial charge in [0.05, 0.1) is 5.69 Å². The molecule has 0 N–H and O–H groups in total. The van der Waals surface area contributed by atoms with Crippen molar-refractivity contribution >= 4 is 49.8 Å². The van der Waals surface area contributed by atoms with Crippen LogP contribution in [-0.2, 0) is 0 Å². The summed E-state index contributed by atoms with van der Waals surface area (Å²) in [7, 11) is 0. The molecule has 1 heterocycles. The van der Waals surface area contributed by atoms with Crippen molar-refractivity contribution in [2.75, 3.05) is 4.90 Å². The number of anilines is 3. The number of nitrogens with zero attached hydrogens (tertiary/aromatic N) is 1. The molecule has 0 aliphatic rings. The molecular formula is C52H35NO. The summed E-state index contributed by atoms with van der Waals surface area (Å²) in [5, 5.41) is 4.59. The first-order valence-electron chi connectivity index (χ1n) is 18.4. The molecule has 0 amide bonds. The number of rotatable bonds is 7. The summed E-state index contributed by atoms with van der Waals surface area (Å²) in [4.78, 5) is 2.40. The van der Waals surface area contributed by atoms with Crippen LogP contribution in [0.25, 0.3) is 77.2 Å². The van der Waals surface area contributed by atoms with Crippen LogP contribution >= 0.6 is 0 Å². The molecule has 0 aliphatic heterocycles. The van der Waals surface area contributed by atoms with E-state index in [2.05, 4.69) is 211 Å². The van der Waals surface area contributed by atoms with Gasteiger partial charge in [-0.3, -0.25) is 0 Å². The number of hydrogen-bond donors (Lipinski definition) is 0. The minimum absolute atomic E-state index is 0.869. The van der Waals surface area contributed by atoms with Gasteiger partial charge in [0, 0.05) is 27.7 Å². The van der Waals surface area contributed by atoms with Crippen LogP contribution in [0.4, 0.5) is 17.1 Å². The second kappa shape index (κ2) is 13.4. The van der Waals surface area contributed by atoms with E-state index < -0.39 is 0 Å². The van der Waals surface area contributed by atoms with Crippen LogP contribution in [0, 0.1) is 0 Å². The van der Waals surface area contributed by atoms with E-state index in [1.54, 1.807) is 0 Å². The van der Waals surface area contributed by atoms with Crippen LogP contribution in [0.5, 0.6) is 0 Å². The van der Waals surface area contributed by atoms with Crippen molar-refractivity contribution in [1.29, 1.82) is 0 Å². The molecule has 0 atom stereocenters. The van der Waals surface area contributed by atoms with E-state index in [9.17, 15) is 0 Å². The van der Waals surface area contributed by atoms with Crippen molar-refractivity contribution in [2.24, 2.45) is 0 Å². The number of benzene rings is 9. The molecule has 0 radical (unpaired) electrons. The fourth-order valence-electron chi connectivity index (χ4n) is 7.79. The molecular weight excluding hydrogens is 655 g/mol. The monoisotopic (exact) mass is 689 g/mol. The van der Waals surface area contributed by atoms with Crippen molar-refractivity contribution in [3.63, 3.8) is 0 Å². The summed E-state index contributed by atoms with van der Waals surface area (Å²) < 4.78 is 6.51. The third-order valence-corrected chi connectivity index (χ3v) is 10.5. The smallest absolute Gasteiger partial charge is 0.136 e. The molecule has 0 fully saturated rings. The largest absolute Gasteiger partial charge is 0.456 e. The molecule has 9 aromatic carbocycles. The molecule has 10 aromatic rings. The predicted octanol–water partition coefficient (Wildman–Crippen LogP) is 14.9. The zero-order valence-corrected chi connectivity index (χ0v) is 29.6. The van der Waals surface area contributed by atoms with Gasteiger partial charge in [0.1, 0.15) is 11.2 Å². The average Bonchev–Trinajstić information content (AvgIpc) is 3.64. The SMILES string of the molecule is c1ccc(-c2ccc(-c3c(N(c4ccc(-c5ccccc5)cc4)c4ccc5cc(-c6ccccc6)ccc5c4)ccc4oc5ccccc5c34)cc2)cc1. The lowest BCUT2D eigenvalue weighted by molar-refractivity contribution is 0.669. The maximum Gasteiger partial charge on any atom is 0.136 e. The summed E-state index contributed by atoms with van der Waals surface area (Å²) in [6, 6.07) is 75.9. The minimum atomic E-state index is 0.869. The lowest BCUT2D eigenvalue weighted by Gasteiger charge is -2.29. The molecule has 254 valence electrons. The molecule has 0 spiro atoms. The zero-order valence-electron chi connectivity index (χ0n) is 29.6. The number of fused-ring (bicyclic) bond motifs is 4. The van der Waals surface area contributed by atoms with Crippen molar-refractivity contribution in [2.45, 2.75) is 0 Å². The molecule has 1 aromatic heterocycles. The van der Waals surface area contributed by atoms with Gasteiger partial charge in [-0.05, 0) is 98.2 Å². The summed E-state index contributed by atoms with van der Waals surface area (Å²) in [5.74, 6) is 0. The predicted molar refractivity (Wildman–Crippen MR) is 228 cm³/mol. The molecule has 0 unspecified atom stereocenters. The Bertz CT molecular complexity index is 2890. The van der Waals surface area contributed by atoms with Crippen LogP contribution in [-0.4, -0.2) is 0 Å². The molecule has 54 heavy (non-hydrogen) atoms. The van der Waals surface area contributed by atoms with E-state index in [0.29, 0.717) is 0 Å². The summed E-state index contributed by atoms with van der Waals surface area (Å²) in [6.45, 7) is 0. The van der Waals surface area contributed by atoms with E-state index in [1.165, 1.54) is 44.2 Å². The van der Waals surface area contributed by atoms with Gasteiger partial charge in [0.15, 0.2) is 0 Å². The first kappa shape index (κ1) is 31.6. The maximum absolute atomic E-state index is 6.51. The highest BCUT2D eigenvalue weighted by atomic mass is 16.3. The highest BCUT2D eigenvalue weighted by Crippen LogP contribution is 2.48. The molecule has 0 saturated heterocycles. The second-order valence-corrected chi connectivity index (χ2v) is 13.7. The quantitative estimate of drug-likeness (QED) is 0.166. The molecule has 2 nitrogen and oxygen atoms in total. The van der Waals surface area contributed by atoms with Crippen LogP contribution in [0.1, 0.15) is 0 Å². The Morgan fingerprint density at radius 1 is 0.315 bits per heavy atom. The van der Waals surface area contributed by atoms with Crippen LogP contribution in [0.2, 0.25) is 0 Å². The Morgan fingerprint density at radius 2 is 0.796 bits per heavy atom. The Morgan fingerprint density at radius 3 is 1.46 bits per heavy atom. The Balaban J connectivity index is 1.19. The van der Waals surface area contributed by atoms with Gasteiger partial charge in [-0.2, -0.15) is 0 Å². The van der Waals surface area contributed by atoms with Crippen molar-refractivity contribution in [3.05, 3.63) is 212 Å². The first-order chi connectivity index (χ1) is 26.8. The maximum atomic E-state index is 6.51. The van der Waals surface area contributed by atoms with E-state index in [-0.39, 0.29) is 0 Å². The zero-order chi connectivity index (χ0) is 35.8. The van der Waals surface area contributed by atoms with E-state index in [4.69, 9.17) is 4.42 Å². The van der Waals surface area contributed by atoms with Crippen LogP contribution in [0.15, 0.2) is 217 Å². The van der Waals surface area contributed by atoms with Gasteiger partial charge in [-0.1, -0.05) is 164 Å². The van der Waals surface area contributed by atoms with Gasteiger partial charge in [0.25, 0.3) is 0 Å². The molecule has 0 bridgehead atoms.